The third kappa shape index (κ3) is 4.54. The molecule has 1 saturated carbocycles. The molecule has 1 fully saturated rings. The zero-order valence-corrected chi connectivity index (χ0v) is 17.1. The van der Waals surface area contributed by atoms with Crippen LogP contribution in [0, 0.1) is 11.3 Å². The van der Waals surface area contributed by atoms with Gasteiger partial charge in [0.15, 0.2) is 0 Å². The van der Waals surface area contributed by atoms with Gasteiger partial charge in [-0.15, -0.1) is 0 Å². The summed E-state index contributed by atoms with van der Waals surface area (Å²) in [5.41, 5.74) is 2.63. The monoisotopic (exact) mass is 419 g/mol. The first kappa shape index (κ1) is 20.2. The lowest BCUT2D eigenvalue weighted by molar-refractivity contribution is 0.105. The van der Waals surface area contributed by atoms with Crippen LogP contribution in [0.2, 0.25) is 5.28 Å². The highest BCUT2D eigenvalue weighted by Gasteiger charge is 2.28. The van der Waals surface area contributed by atoms with E-state index in [0.717, 1.165) is 36.8 Å². The highest BCUT2D eigenvalue weighted by atomic mass is 35.5. The average Bonchev–Trinajstić information content (AvgIpc) is 2.80. The molecule has 1 aliphatic carbocycles. The topological polar surface area (TPSA) is 91.6 Å². The Balaban J connectivity index is 1.42. The molecule has 0 bridgehead atoms. The minimum Gasteiger partial charge on any atom is -0.367 e. The molecule has 0 unspecified atom stereocenters. The molecule has 0 spiro atoms. The van der Waals surface area contributed by atoms with Crippen molar-refractivity contribution in [2.75, 3.05) is 5.32 Å². The summed E-state index contributed by atoms with van der Waals surface area (Å²) >= 11 is 6.04. The van der Waals surface area contributed by atoms with Crippen molar-refractivity contribution in [3.63, 3.8) is 0 Å². The number of halogens is 1. The Morgan fingerprint density at radius 1 is 1.03 bits per heavy atom. The lowest BCUT2D eigenvalue weighted by atomic mass is 9.81. The van der Waals surface area contributed by atoms with Crippen LogP contribution in [0.3, 0.4) is 0 Å². The molecule has 152 valence electrons. The van der Waals surface area contributed by atoms with Crippen LogP contribution in [-0.4, -0.2) is 32.5 Å². The number of Topliss-reactive ketones (excluding diaryl/α,β-unsaturated/α-hetero) is 1. The maximum Gasteiger partial charge on any atom is 0.224 e. The van der Waals surface area contributed by atoms with E-state index >= 15 is 0 Å². The first-order valence-electron chi connectivity index (χ1n) is 9.99. The van der Waals surface area contributed by atoms with Gasteiger partial charge in [0.2, 0.25) is 11.1 Å². The van der Waals surface area contributed by atoms with Crippen LogP contribution in [0.1, 0.15) is 36.0 Å². The standard InChI is InChI=1S/C23H22ClN5O/c24-23-27-14-19(15-10-12-26-13-11-15)22(29-23)28-18-8-6-16(7-9-18)20(25)21(30)17-4-2-1-3-5-17/h1-5,10-14,16,18,25H,6-9H2,(H,27,28,29). The van der Waals surface area contributed by atoms with E-state index in [1.54, 1.807) is 30.7 Å². The van der Waals surface area contributed by atoms with E-state index in [4.69, 9.17) is 17.0 Å². The fourth-order valence-electron chi connectivity index (χ4n) is 3.86. The van der Waals surface area contributed by atoms with Gasteiger partial charge in [-0.05, 0) is 55.0 Å². The second kappa shape index (κ2) is 9.13. The quantitative estimate of drug-likeness (QED) is 0.331. The zero-order chi connectivity index (χ0) is 20.9. The minimum atomic E-state index is -0.172. The maximum atomic E-state index is 12.6. The highest BCUT2D eigenvalue weighted by molar-refractivity contribution is 6.45. The summed E-state index contributed by atoms with van der Waals surface area (Å²) in [6, 6.07) is 13.1. The van der Waals surface area contributed by atoms with Crippen molar-refractivity contribution in [1.82, 2.24) is 15.0 Å². The molecule has 1 aliphatic rings. The number of pyridine rings is 1. The number of nitrogens with one attached hydrogen (secondary N) is 2. The number of hydrogen-bond acceptors (Lipinski definition) is 6. The lowest BCUT2D eigenvalue weighted by Gasteiger charge is -2.30. The van der Waals surface area contributed by atoms with Crippen molar-refractivity contribution in [1.29, 1.82) is 5.41 Å². The van der Waals surface area contributed by atoms with Gasteiger partial charge in [-0.3, -0.25) is 9.78 Å². The molecule has 0 saturated heterocycles. The molecule has 6 nitrogen and oxygen atoms in total. The van der Waals surface area contributed by atoms with Crippen LogP contribution >= 0.6 is 11.6 Å². The Morgan fingerprint density at radius 3 is 2.43 bits per heavy atom. The van der Waals surface area contributed by atoms with Crippen molar-refractivity contribution in [2.24, 2.45) is 5.92 Å². The average molecular weight is 420 g/mol. The first-order chi connectivity index (χ1) is 14.6. The Kier molecular flexibility index (Phi) is 6.14. The summed E-state index contributed by atoms with van der Waals surface area (Å²) in [6.45, 7) is 0. The van der Waals surface area contributed by atoms with Crippen molar-refractivity contribution in [2.45, 2.75) is 31.7 Å². The molecule has 1 aromatic carbocycles. The van der Waals surface area contributed by atoms with Gasteiger partial charge in [0.1, 0.15) is 5.82 Å². The first-order valence-corrected chi connectivity index (χ1v) is 10.4. The van der Waals surface area contributed by atoms with Crippen LogP contribution in [0.15, 0.2) is 61.1 Å². The van der Waals surface area contributed by atoms with Crippen LogP contribution < -0.4 is 5.32 Å². The van der Waals surface area contributed by atoms with E-state index in [0.29, 0.717) is 11.4 Å². The Morgan fingerprint density at radius 2 is 1.73 bits per heavy atom. The minimum absolute atomic E-state index is 0.00980. The van der Waals surface area contributed by atoms with Crippen LogP contribution in [0.5, 0.6) is 0 Å². The van der Waals surface area contributed by atoms with Crippen molar-refractivity contribution in [3.8, 4) is 11.1 Å². The third-order valence-electron chi connectivity index (χ3n) is 5.51. The molecule has 0 amide bonds. The fraction of sp³-hybridized carbons (Fsp3) is 0.261. The molecule has 0 radical (unpaired) electrons. The largest absolute Gasteiger partial charge is 0.367 e. The molecule has 4 rings (SSSR count). The summed E-state index contributed by atoms with van der Waals surface area (Å²) in [6.07, 6.45) is 8.46. The number of aromatic nitrogens is 3. The zero-order valence-electron chi connectivity index (χ0n) is 16.4. The molecule has 0 atom stereocenters. The second-order valence-corrected chi connectivity index (χ2v) is 7.78. The van der Waals surface area contributed by atoms with Gasteiger partial charge < -0.3 is 10.7 Å². The highest BCUT2D eigenvalue weighted by Crippen LogP contribution is 2.31. The van der Waals surface area contributed by atoms with Crippen LogP contribution in [0.25, 0.3) is 11.1 Å². The Labute approximate surface area is 180 Å². The van der Waals surface area contributed by atoms with Crippen molar-refractivity contribution < 1.29 is 4.79 Å². The Bertz CT molecular complexity index is 1030. The summed E-state index contributed by atoms with van der Waals surface area (Å²) < 4.78 is 0. The van der Waals surface area contributed by atoms with Gasteiger partial charge in [0.25, 0.3) is 0 Å². The van der Waals surface area contributed by atoms with Gasteiger partial charge in [-0.1, -0.05) is 30.3 Å². The number of carbonyl (C=O) groups is 1. The number of benzene rings is 1. The number of carbonyl (C=O) groups excluding carboxylic acids is 1. The molecule has 0 aliphatic heterocycles. The summed E-state index contributed by atoms with van der Waals surface area (Å²) in [7, 11) is 0. The van der Waals surface area contributed by atoms with E-state index in [-0.39, 0.29) is 28.7 Å². The molecule has 3 aromatic rings. The number of nitrogens with zero attached hydrogens (tertiary/aromatic N) is 3. The van der Waals surface area contributed by atoms with E-state index in [1.165, 1.54) is 0 Å². The van der Waals surface area contributed by atoms with Gasteiger partial charge in [-0.2, -0.15) is 0 Å². The SMILES string of the molecule is N=C(C(=O)c1ccccc1)C1CCC(Nc2nc(Cl)ncc2-c2ccncc2)CC1. The third-order valence-corrected chi connectivity index (χ3v) is 5.69. The number of anilines is 1. The fourth-order valence-corrected chi connectivity index (χ4v) is 4.00. The van der Waals surface area contributed by atoms with Crippen LogP contribution in [-0.2, 0) is 0 Å². The summed E-state index contributed by atoms with van der Waals surface area (Å²) in [4.78, 5) is 25.2. The maximum absolute atomic E-state index is 12.6. The van der Waals surface area contributed by atoms with Crippen LogP contribution in [0.4, 0.5) is 5.82 Å². The van der Waals surface area contributed by atoms with E-state index < -0.39 is 0 Å². The predicted molar refractivity (Wildman–Crippen MR) is 118 cm³/mol. The second-order valence-electron chi connectivity index (χ2n) is 7.44. The smallest absolute Gasteiger partial charge is 0.224 e. The number of hydrogen-bond donors (Lipinski definition) is 2. The van der Waals surface area contributed by atoms with Gasteiger partial charge in [0, 0.05) is 41.7 Å². The summed E-state index contributed by atoms with van der Waals surface area (Å²) in [5, 5.41) is 12.1. The van der Waals surface area contributed by atoms with Gasteiger partial charge >= 0.3 is 0 Å². The molecule has 2 N–H and O–H groups in total. The van der Waals surface area contributed by atoms with Gasteiger partial charge in [-0.25, -0.2) is 9.97 Å². The lowest BCUT2D eigenvalue weighted by Crippen LogP contribution is -2.32. The summed E-state index contributed by atoms with van der Waals surface area (Å²) in [5.74, 6) is 0.513. The van der Waals surface area contributed by atoms with E-state index in [9.17, 15) is 4.79 Å². The molecule has 7 heteroatoms. The molecular weight excluding hydrogens is 398 g/mol. The molecule has 2 heterocycles. The number of rotatable bonds is 6. The predicted octanol–water partition coefficient (Wildman–Crippen LogP) is 5.07. The van der Waals surface area contributed by atoms with E-state index in [1.807, 2.05) is 30.3 Å². The molecule has 30 heavy (non-hydrogen) atoms. The Hall–Kier alpha value is -3.12. The van der Waals surface area contributed by atoms with Crippen molar-refractivity contribution >= 4 is 28.9 Å². The molecule has 2 aromatic heterocycles. The van der Waals surface area contributed by atoms with E-state index in [2.05, 4.69) is 20.3 Å². The normalized spacial score (nSPS) is 18.6. The van der Waals surface area contributed by atoms with Gasteiger partial charge in [0.05, 0.1) is 5.71 Å². The van der Waals surface area contributed by atoms with Crippen molar-refractivity contribution in [3.05, 3.63) is 71.9 Å². The number of ketones is 1. The molecular formula is C23H22ClN5O.